The lowest BCUT2D eigenvalue weighted by atomic mass is 10.1. The Morgan fingerprint density at radius 1 is 1.25 bits per heavy atom. The van der Waals surface area contributed by atoms with Crippen molar-refractivity contribution in [2.75, 3.05) is 19.0 Å². The van der Waals surface area contributed by atoms with Gasteiger partial charge in [-0.15, -0.1) is 0 Å². The first-order chi connectivity index (χ1) is 9.63. The molecule has 0 bridgehead atoms. The molecule has 3 N–H and O–H groups in total. The lowest BCUT2D eigenvalue weighted by molar-refractivity contribution is 0.407. The summed E-state index contributed by atoms with van der Waals surface area (Å²) in [6.07, 6.45) is 0. The summed E-state index contributed by atoms with van der Waals surface area (Å²) in [5.41, 5.74) is 7.87. The largest absolute Gasteiger partial charge is 0.496 e. The Labute approximate surface area is 132 Å². The zero-order valence-electron chi connectivity index (χ0n) is 11.1. The van der Waals surface area contributed by atoms with Gasteiger partial charge in [-0.3, -0.25) is 0 Å². The van der Waals surface area contributed by atoms with Crippen molar-refractivity contribution in [2.45, 2.75) is 6.04 Å². The van der Waals surface area contributed by atoms with Crippen LogP contribution in [0.3, 0.4) is 0 Å². The minimum absolute atomic E-state index is 0.0383. The second-order valence-electron chi connectivity index (χ2n) is 4.33. The van der Waals surface area contributed by atoms with E-state index in [4.69, 9.17) is 22.1 Å². The van der Waals surface area contributed by atoms with Gasteiger partial charge in [0.15, 0.2) is 0 Å². The van der Waals surface area contributed by atoms with E-state index >= 15 is 0 Å². The van der Waals surface area contributed by atoms with Crippen LogP contribution in [0.4, 0.5) is 5.69 Å². The third-order valence-corrected chi connectivity index (χ3v) is 3.73. The molecule has 3 nitrogen and oxygen atoms in total. The highest BCUT2D eigenvalue weighted by Crippen LogP contribution is 2.30. The summed E-state index contributed by atoms with van der Waals surface area (Å²) in [5, 5.41) is 4.10. The molecule has 0 spiro atoms. The number of methoxy groups -OCH3 is 1. The summed E-state index contributed by atoms with van der Waals surface area (Å²) in [7, 11) is 1.66. The number of hydrogen-bond donors (Lipinski definition) is 2. The lowest BCUT2D eigenvalue weighted by Gasteiger charge is -2.21. The quantitative estimate of drug-likeness (QED) is 0.844. The van der Waals surface area contributed by atoms with Crippen molar-refractivity contribution >= 4 is 33.2 Å². The normalized spacial score (nSPS) is 12.0. The van der Waals surface area contributed by atoms with Crippen molar-refractivity contribution in [3.8, 4) is 5.75 Å². The summed E-state index contributed by atoms with van der Waals surface area (Å²) in [6, 6.07) is 13.4. The highest BCUT2D eigenvalue weighted by atomic mass is 79.9. The van der Waals surface area contributed by atoms with Crippen molar-refractivity contribution in [2.24, 2.45) is 5.73 Å². The first kappa shape index (κ1) is 15.2. The molecular formula is C15H16BrClN2O. The van der Waals surface area contributed by atoms with Gasteiger partial charge in [0.05, 0.1) is 13.2 Å². The molecule has 0 heterocycles. The molecule has 2 rings (SSSR count). The molecule has 0 saturated carbocycles. The minimum atomic E-state index is -0.0383. The monoisotopic (exact) mass is 354 g/mol. The molecule has 0 fully saturated rings. The Balaban J connectivity index is 2.28. The van der Waals surface area contributed by atoms with Gasteiger partial charge in [0.2, 0.25) is 0 Å². The second kappa shape index (κ2) is 6.97. The van der Waals surface area contributed by atoms with Crippen LogP contribution in [0.5, 0.6) is 5.75 Å². The number of ether oxygens (including phenoxy) is 1. The average Bonchev–Trinajstić information content (AvgIpc) is 2.46. The molecule has 0 amide bonds. The van der Waals surface area contributed by atoms with Crippen LogP contribution in [0, 0.1) is 0 Å². The first-order valence-electron chi connectivity index (χ1n) is 6.19. The molecule has 0 radical (unpaired) electrons. The average molecular weight is 356 g/mol. The number of benzene rings is 2. The van der Waals surface area contributed by atoms with Crippen LogP contribution in [-0.2, 0) is 0 Å². The Morgan fingerprint density at radius 2 is 1.95 bits per heavy atom. The fraction of sp³-hybridized carbons (Fsp3) is 0.200. The van der Waals surface area contributed by atoms with Crippen LogP contribution < -0.4 is 15.8 Å². The molecule has 0 aliphatic carbocycles. The zero-order valence-corrected chi connectivity index (χ0v) is 13.4. The van der Waals surface area contributed by atoms with Crippen LogP contribution in [0.25, 0.3) is 0 Å². The molecule has 1 unspecified atom stereocenters. The van der Waals surface area contributed by atoms with Gasteiger partial charge >= 0.3 is 0 Å². The van der Waals surface area contributed by atoms with Crippen LogP contribution in [-0.4, -0.2) is 13.7 Å². The van der Waals surface area contributed by atoms with Gasteiger partial charge in [-0.1, -0.05) is 27.5 Å². The molecule has 5 heteroatoms. The number of halogens is 2. The van der Waals surface area contributed by atoms with E-state index in [2.05, 4.69) is 21.2 Å². The van der Waals surface area contributed by atoms with Crippen molar-refractivity contribution in [3.63, 3.8) is 0 Å². The van der Waals surface area contributed by atoms with E-state index in [0.717, 1.165) is 21.5 Å². The van der Waals surface area contributed by atoms with Crippen LogP contribution in [0.15, 0.2) is 46.9 Å². The highest BCUT2D eigenvalue weighted by molar-refractivity contribution is 9.10. The predicted octanol–water partition coefficient (Wildman–Crippen LogP) is 4.22. The van der Waals surface area contributed by atoms with Gasteiger partial charge in [-0.2, -0.15) is 0 Å². The van der Waals surface area contributed by atoms with Gasteiger partial charge in [0, 0.05) is 27.3 Å². The van der Waals surface area contributed by atoms with Crippen LogP contribution >= 0.6 is 27.5 Å². The van der Waals surface area contributed by atoms with Crippen LogP contribution in [0.2, 0.25) is 5.02 Å². The van der Waals surface area contributed by atoms with E-state index in [9.17, 15) is 0 Å². The van der Waals surface area contributed by atoms with Crippen molar-refractivity contribution < 1.29 is 4.74 Å². The van der Waals surface area contributed by atoms with Gasteiger partial charge in [-0.25, -0.2) is 0 Å². The van der Waals surface area contributed by atoms with Crippen LogP contribution in [0.1, 0.15) is 11.6 Å². The van der Waals surface area contributed by atoms with Gasteiger partial charge < -0.3 is 15.8 Å². The molecule has 0 aliphatic rings. The summed E-state index contributed by atoms with van der Waals surface area (Å²) in [5.74, 6) is 0.810. The Kier molecular flexibility index (Phi) is 5.29. The molecule has 20 heavy (non-hydrogen) atoms. The van der Waals surface area contributed by atoms with Crippen molar-refractivity contribution in [1.82, 2.24) is 0 Å². The smallest absolute Gasteiger partial charge is 0.124 e. The lowest BCUT2D eigenvalue weighted by Crippen LogP contribution is -2.21. The topological polar surface area (TPSA) is 47.3 Å². The van der Waals surface area contributed by atoms with Crippen molar-refractivity contribution in [3.05, 3.63) is 57.5 Å². The number of anilines is 1. The molecule has 2 aromatic rings. The summed E-state index contributed by atoms with van der Waals surface area (Å²) < 4.78 is 6.39. The number of rotatable bonds is 5. The predicted molar refractivity (Wildman–Crippen MR) is 87.6 cm³/mol. The third-order valence-electron chi connectivity index (χ3n) is 2.99. The fourth-order valence-corrected chi connectivity index (χ4v) is 2.49. The Bertz CT molecular complexity index is 575. The molecular weight excluding hydrogens is 340 g/mol. The number of nitrogens with one attached hydrogen (secondary N) is 1. The minimum Gasteiger partial charge on any atom is -0.496 e. The van der Waals surface area contributed by atoms with E-state index in [1.807, 2.05) is 42.5 Å². The van der Waals surface area contributed by atoms with E-state index < -0.39 is 0 Å². The molecule has 0 saturated heterocycles. The summed E-state index contributed by atoms with van der Waals surface area (Å²) in [6.45, 7) is 0.454. The number of nitrogens with two attached hydrogens (primary N) is 1. The maximum Gasteiger partial charge on any atom is 0.124 e. The molecule has 0 aliphatic heterocycles. The van der Waals surface area contributed by atoms with E-state index in [1.54, 1.807) is 7.11 Å². The van der Waals surface area contributed by atoms with Gasteiger partial charge in [0.25, 0.3) is 0 Å². The molecule has 0 aromatic heterocycles. The van der Waals surface area contributed by atoms with E-state index in [0.29, 0.717) is 11.6 Å². The van der Waals surface area contributed by atoms with Gasteiger partial charge in [-0.05, 0) is 42.5 Å². The van der Waals surface area contributed by atoms with Crippen molar-refractivity contribution in [1.29, 1.82) is 0 Å². The number of hydrogen-bond acceptors (Lipinski definition) is 3. The molecule has 2 aromatic carbocycles. The SMILES string of the molecule is COc1ccc(Br)cc1C(CN)Nc1ccc(Cl)cc1. The van der Waals surface area contributed by atoms with E-state index in [1.165, 1.54) is 0 Å². The summed E-state index contributed by atoms with van der Waals surface area (Å²) in [4.78, 5) is 0. The maximum absolute atomic E-state index is 5.90. The Morgan fingerprint density at radius 3 is 2.55 bits per heavy atom. The fourth-order valence-electron chi connectivity index (χ4n) is 1.99. The standard InChI is InChI=1S/C15H16BrClN2O/c1-20-15-7-2-10(16)8-13(15)14(9-18)19-12-5-3-11(17)4-6-12/h2-8,14,19H,9,18H2,1H3. The maximum atomic E-state index is 5.90. The third kappa shape index (κ3) is 3.66. The zero-order chi connectivity index (χ0) is 14.5. The molecule has 106 valence electrons. The highest BCUT2D eigenvalue weighted by Gasteiger charge is 2.15. The summed E-state index contributed by atoms with van der Waals surface area (Å²) >= 11 is 9.37. The second-order valence-corrected chi connectivity index (χ2v) is 5.68. The Hall–Kier alpha value is -1.23. The van der Waals surface area contributed by atoms with Gasteiger partial charge in [0.1, 0.15) is 5.75 Å². The molecule has 1 atom stereocenters. The van der Waals surface area contributed by atoms with E-state index in [-0.39, 0.29) is 6.04 Å². The first-order valence-corrected chi connectivity index (χ1v) is 7.36.